The van der Waals surface area contributed by atoms with Crippen molar-refractivity contribution in [1.29, 1.82) is 0 Å². The van der Waals surface area contributed by atoms with Crippen molar-refractivity contribution in [3.05, 3.63) is 0 Å². The number of aliphatic imine (C=N–C) groups is 1. The highest BCUT2D eigenvalue weighted by molar-refractivity contribution is 5.80. The quantitative estimate of drug-likeness (QED) is 0.558. The van der Waals surface area contributed by atoms with Crippen LogP contribution in [-0.4, -0.2) is 25.6 Å². The van der Waals surface area contributed by atoms with Gasteiger partial charge in [-0.25, -0.2) is 0 Å². The summed E-state index contributed by atoms with van der Waals surface area (Å²) in [5.41, 5.74) is 0. The van der Waals surface area contributed by atoms with E-state index in [9.17, 15) is 0 Å². The van der Waals surface area contributed by atoms with Crippen molar-refractivity contribution in [2.75, 3.05) is 19.6 Å². The van der Waals surface area contributed by atoms with Gasteiger partial charge in [0.05, 0.1) is 0 Å². The summed E-state index contributed by atoms with van der Waals surface area (Å²) in [5, 5.41) is 6.68. The molecule has 0 aliphatic carbocycles. The Hall–Kier alpha value is -0.730. The molecule has 0 saturated heterocycles. The lowest BCUT2D eigenvalue weighted by atomic mass is 10.1. The third kappa shape index (κ3) is 9.80. The standard InChI is InChI=1S/C16H33N3/c1-2-3-4-5-6-7-8-9-10-11-13-17-16-18-14-12-15-19-16/h2-15H2,1H3,(H2,17,18,19). The molecule has 0 bridgehead atoms. The van der Waals surface area contributed by atoms with Crippen LogP contribution in [0.3, 0.4) is 0 Å². The summed E-state index contributed by atoms with van der Waals surface area (Å²) in [5.74, 6) is 1.02. The molecule has 1 heterocycles. The van der Waals surface area contributed by atoms with Crippen molar-refractivity contribution in [3.8, 4) is 0 Å². The summed E-state index contributed by atoms with van der Waals surface area (Å²) in [6.45, 7) is 5.40. The monoisotopic (exact) mass is 267 g/mol. The lowest BCUT2D eigenvalue weighted by molar-refractivity contribution is 0.553. The number of hydrogen-bond donors (Lipinski definition) is 2. The zero-order chi connectivity index (χ0) is 13.6. The maximum atomic E-state index is 4.41. The molecule has 0 unspecified atom stereocenters. The van der Waals surface area contributed by atoms with Gasteiger partial charge >= 0.3 is 0 Å². The van der Waals surface area contributed by atoms with Crippen LogP contribution in [0.5, 0.6) is 0 Å². The second-order valence-electron chi connectivity index (χ2n) is 5.62. The average molecular weight is 267 g/mol. The Labute approximate surface area is 119 Å². The van der Waals surface area contributed by atoms with E-state index in [0.29, 0.717) is 0 Å². The van der Waals surface area contributed by atoms with Crippen molar-refractivity contribution in [3.63, 3.8) is 0 Å². The van der Waals surface area contributed by atoms with E-state index in [1.165, 1.54) is 70.6 Å². The van der Waals surface area contributed by atoms with Gasteiger partial charge in [-0.3, -0.25) is 4.99 Å². The Morgan fingerprint density at radius 1 is 0.947 bits per heavy atom. The van der Waals surface area contributed by atoms with E-state index in [1.54, 1.807) is 0 Å². The molecule has 3 heteroatoms. The molecule has 0 saturated carbocycles. The smallest absolute Gasteiger partial charge is 0.191 e. The fourth-order valence-corrected chi connectivity index (χ4v) is 2.47. The predicted molar refractivity (Wildman–Crippen MR) is 84.8 cm³/mol. The van der Waals surface area contributed by atoms with Gasteiger partial charge in [-0.1, -0.05) is 64.7 Å². The van der Waals surface area contributed by atoms with E-state index in [2.05, 4.69) is 22.5 Å². The van der Waals surface area contributed by atoms with E-state index in [-0.39, 0.29) is 0 Å². The minimum absolute atomic E-state index is 0.980. The van der Waals surface area contributed by atoms with Gasteiger partial charge in [-0.2, -0.15) is 0 Å². The first kappa shape index (κ1) is 16.3. The molecule has 0 fully saturated rings. The van der Waals surface area contributed by atoms with Gasteiger partial charge in [0.15, 0.2) is 5.96 Å². The third-order valence-electron chi connectivity index (χ3n) is 3.72. The molecular formula is C16H33N3. The first-order chi connectivity index (χ1) is 9.43. The molecule has 2 N–H and O–H groups in total. The van der Waals surface area contributed by atoms with Crippen LogP contribution in [0.4, 0.5) is 0 Å². The van der Waals surface area contributed by atoms with Gasteiger partial charge in [-0.05, 0) is 12.8 Å². The van der Waals surface area contributed by atoms with Crippen LogP contribution in [0.25, 0.3) is 0 Å². The number of hydrogen-bond acceptors (Lipinski definition) is 3. The van der Waals surface area contributed by atoms with E-state index >= 15 is 0 Å². The third-order valence-corrected chi connectivity index (χ3v) is 3.72. The summed E-state index contributed by atoms with van der Waals surface area (Å²) in [4.78, 5) is 4.41. The molecule has 1 aliphatic rings. The molecule has 19 heavy (non-hydrogen) atoms. The molecule has 0 aromatic heterocycles. The number of nitrogens with zero attached hydrogens (tertiary/aromatic N) is 1. The normalized spacial score (nSPS) is 14.9. The molecule has 0 aromatic carbocycles. The SMILES string of the molecule is CCCCCCCCCCCCNC1=NCCCN1. The Morgan fingerprint density at radius 2 is 1.58 bits per heavy atom. The Balaban J connectivity index is 1.75. The molecule has 0 atom stereocenters. The maximum Gasteiger partial charge on any atom is 0.191 e. The van der Waals surface area contributed by atoms with Crippen molar-refractivity contribution < 1.29 is 0 Å². The minimum atomic E-state index is 0.980. The zero-order valence-corrected chi connectivity index (χ0v) is 12.8. The zero-order valence-electron chi connectivity index (χ0n) is 12.8. The molecule has 0 aromatic rings. The molecule has 1 aliphatic heterocycles. The lowest BCUT2D eigenvalue weighted by Crippen LogP contribution is -2.41. The summed E-state index contributed by atoms with van der Waals surface area (Å²) < 4.78 is 0. The van der Waals surface area contributed by atoms with Crippen LogP contribution in [-0.2, 0) is 0 Å². The van der Waals surface area contributed by atoms with Crippen molar-refractivity contribution >= 4 is 5.96 Å². The second-order valence-corrected chi connectivity index (χ2v) is 5.62. The molecule has 112 valence electrons. The molecule has 0 spiro atoms. The van der Waals surface area contributed by atoms with Crippen molar-refractivity contribution in [2.24, 2.45) is 4.99 Å². The van der Waals surface area contributed by atoms with Gasteiger partial charge in [0.1, 0.15) is 0 Å². The molecule has 0 radical (unpaired) electrons. The number of rotatable bonds is 11. The van der Waals surface area contributed by atoms with Crippen LogP contribution < -0.4 is 10.6 Å². The van der Waals surface area contributed by atoms with Gasteiger partial charge in [-0.15, -0.1) is 0 Å². The highest BCUT2D eigenvalue weighted by Crippen LogP contribution is 2.10. The minimum Gasteiger partial charge on any atom is -0.356 e. The number of guanidine groups is 1. The Kier molecular flexibility index (Phi) is 10.6. The van der Waals surface area contributed by atoms with E-state index in [1.807, 2.05) is 0 Å². The summed E-state index contributed by atoms with van der Waals surface area (Å²) in [7, 11) is 0. The largest absolute Gasteiger partial charge is 0.356 e. The molecule has 3 nitrogen and oxygen atoms in total. The Morgan fingerprint density at radius 3 is 2.16 bits per heavy atom. The predicted octanol–water partition coefficient (Wildman–Crippen LogP) is 3.85. The Bertz CT molecular complexity index is 226. The maximum absolute atomic E-state index is 4.41. The summed E-state index contributed by atoms with van der Waals surface area (Å²) in [6.07, 6.45) is 15.2. The van der Waals surface area contributed by atoms with Crippen molar-refractivity contribution in [2.45, 2.75) is 77.6 Å². The number of unbranched alkanes of at least 4 members (excludes halogenated alkanes) is 9. The summed E-state index contributed by atoms with van der Waals surface area (Å²) in [6, 6.07) is 0. The summed E-state index contributed by atoms with van der Waals surface area (Å²) >= 11 is 0. The fraction of sp³-hybridized carbons (Fsp3) is 0.938. The highest BCUT2D eigenvalue weighted by atomic mass is 15.2. The van der Waals surface area contributed by atoms with E-state index < -0.39 is 0 Å². The van der Waals surface area contributed by atoms with Crippen LogP contribution in [0.2, 0.25) is 0 Å². The van der Waals surface area contributed by atoms with Crippen molar-refractivity contribution in [1.82, 2.24) is 10.6 Å². The lowest BCUT2D eigenvalue weighted by Gasteiger charge is -2.15. The van der Waals surface area contributed by atoms with Crippen LogP contribution >= 0.6 is 0 Å². The van der Waals surface area contributed by atoms with Gasteiger partial charge in [0.25, 0.3) is 0 Å². The average Bonchev–Trinajstić information content (AvgIpc) is 2.46. The van der Waals surface area contributed by atoms with Gasteiger partial charge < -0.3 is 10.6 Å². The van der Waals surface area contributed by atoms with Crippen LogP contribution in [0, 0.1) is 0 Å². The first-order valence-electron chi connectivity index (χ1n) is 8.45. The number of nitrogens with one attached hydrogen (secondary N) is 2. The van der Waals surface area contributed by atoms with Gasteiger partial charge in [0, 0.05) is 19.6 Å². The first-order valence-corrected chi connectivity index (χ1v) is 8.45. The van der Waals surface area contributed by atoms with E-state index in [4.69, 9.17) is 0 Å². The van der Waals surface area contributed by atoms with Gasteiger partial charge in [0.2, 0.25) is 0 Å². The molecule has 0 amide bonds. The van der Waals surface area contributed by atoms with Crippen LogP contribution in [0.15, 0.2) is 4.99 Å². The second kappa shape index (κ2) is 12.3. The van der Waals surface area contributed by atoms with Crippen LogP contribution in [0.1, 0.15) is 77.6 Å². The molecule has 1 rings (SSSR count). The van der Waals surface area contributed by atoms with E-state index in [0.717, 1.165) is 25.6 Å². The highest BCUT2D eigenvalue weighted by Gasteiger charge is 2.01. The topological polar surface area (TPSA) is 36.4 Å². The fourth-order valence-electron chi connectivity index (χ4n) is 2.47. The molecular weight excluding hydrogens is 234 g/mol.